The number of ether oxygens (including phenoxy) is 1. The number of amides is 2. The van der Waals surface area contributed by atoms with Gasteiger partial charge in [-0.25, -0.2) is 0 Å². The number of para-hydroxylation sites is 1. The van der Waals surface area contributed by atoms with Gasteiger partial charge in [0.2, 0.25) is 5.91 Å². The summed E-state index contributed by atoms with van der Waals surface area (Å²) in [5.74, 6) is 0.156. The highest BCUT2D eigenvalue weighted by Crippen LogP contribution is 2.26. The van der Waals surface area contributed by atoms with E-state index < -0.39 is 0 Å². The average Bonchev–Trinajstić information content (AvgIpc) is 3.15. The van der Waals surface area contributed by atoms with Crippen molar-refractivity contribution in [1.29, 1.82) is 0 Å². The Hall–Kier alpha value is -4.06. The Kier molecular flexibility index (Phi) is 5.71. The zero-order valence-corrected chi connectivity index (χ0v) is 17.3. The van der Waals surface area contributed by atoms with Gasteiger partial charge in [-0.05, 0) is 48.9 Å². The van der Waals surface area contributed by atoms with E-state index in [0.717, 1.165) is 16.5 Å². The summed E-state index contributed by atoms with van der Waals surface area (Å²) in [7, 11) is 1.59. The maximum Gasteiger partial charge on any atom is 0.257 e. The monoisotopic (exact) mass is 414 g/mol. The lowest BCUT2D eigenvalue weighted by Crippen LogP contribution is -2.19. The molecule has 156 valence electrons. The van der Waals surface area contributed by atoms with Gasteiger partial charge in [-0.15, -0.1) is 0 Å². The zero-order valence-electron chi connectivity index (χ0n) is 17.3. The van der Waals surface area contributed by atoms with Gasteiger partial charge in [0.15, 0.2) is 0 Å². The summed E-state index contributed by atoms with van der Waals surface area (Å²) in [6.45, 7) is 1.96. The van der Waals surface area contributed by atoms with Crippen molar-refractivity contribution in [2.75, 3.05) is 17.7 Å². The number of anilines is 2. The van der Waals surface area contributed by atoms with Crippen LogP contribution >= 0.6 is 0 Å². The van der Waals surface area contributed by atoms with E-state index in [1.54, 1.807) is 43.7 Å². The second-order valence-electron chi connectivity index (χ2n) is 7.22. The van der Waals surface area contributed by atoms with Crippen molar-refractivity contribution in [1.82, 2.24) is 0 Å². The van der Waals surface area contributed by atoms with Crippen molar-refractivity contribution in [2.45, 2.75) is 13.3 Å². The first-order valence-corrected chi connectivity index (χ1v) is 9.84. The fourth-order valence-corrected chi connectivity index (χ4v) is 3.41. The highest BCUT2D eigenvalue weighted by molar-refractivity contribution is 6.10. The van der Waals surface area contributed by atoms with Gasteiger partial charge in [0.1, 0.15) is 11.3 Å². The fraction of sp³-hybridized carbons (Fsp3) is 0.120. The summed E-state index contributed by atoms with van der Waals surface area (Å²) < 4.78 is 10.8. The van der Waals surface area contributed by atoms with Crippen molar-refractivity contribution >= 4 is 34.2 Å². The predicted molar refractivity (Wildman–Crippen MR) is 121 cm³/mol. The highest BCUT2D eigenvalue weighted by Gasteiger charge is 2.16. The number of rotatable bonds is 6. The van der Waals surface area contributed by atoms with Gasteiger partial charge < -0.3 is 19.8 Å². The maximum atomic E-state index is 12.8. The van der Waals surface area contributed by atoms with E-state index in [-0.39, 0.29) is 18.2 Å². The van der Waals surface area contributed by atoms with Crippen LogP contribution in [-0.2, 0) is 11.2 Å². The van der Waals surface area contributed by atoms with Gasteiger partial charge in [0.25, 0.3) is 5.91 Å². The average molecular weight is 414 g/mol. The smallest absolute Gasteiger partial charge is 0.257 e. The third kappa shape index (κ3) is 4.59. The molecule has 6 nitrogen and oxygen atoms in total. The minimum absolute atomic E-state index is 0.118. The van der Waals surface area contributed by atoms with Crippen LogP contribution in [0.5, 0.6) is 5.75 Å². The number of hydrogen-bond acceptors (Lipinski definition) is 4. The maximum absolute atomic E-state index is 12.8. The lowest BCUT2D eigenvalue weighted by Gasteiger charge is -2.12. The largest absolute Gasteiger partial charge is 0.497 e. The molecule has 0 spiro atoms. The summed E-state index contributed by atoms with van der Waals surface area (Å²) in [5, 5.41) is 6.57. The molecule has 2 N–H and O–H groups in total. The zero-order chi connectivity index (χ0) is 21.8. The molecule has 0 saturated heterocycles. The van der Waals surface area contributed by atoms with Crippen LogP contribution in [0.25, 0.3) is 11.0 Å². The van der Waals surface area contributed by atoms with E-state index in [2.05, 4.69) is 10.6 Å². The van der Waals surface area contributed by atoms with Gasteiger partial charge in [0.05, 0.1) is 31.0 Å². The Labute approximate surface area is 179 Å². The topological polar surface area (TPSA) is 80.6 Å². The Morgan fingerprint density at radius 2 is 1.81 bits per heavy atom. The number of furan rings is 1. The Balaban J connectivity index is 1.49. The van der Waals surface area contributed by atoms with Crippen molar-refractivity contribution in [2.24, 2.45) is 0 Å². The van der Waals surface area contributed by atoms with Crippen molar-refractivity contribution in [3.05, 3.63) is 89.7 Å². The molecule has 0 atom stereocenters. The lowest BCUT2D eigenvalue weighted by atomic mass is 10.1. The Bertz CT molecular complexity index is 1260. The molecule has 1 aromatic heterocycles. The number of fused-ring (bicyclic) bond motifs is 1. The standard InChI is InChI=1S/C25H22N2O4/c1-16-6-5-7-18(12-16)26-25(29)21-8-3-4-9-22(21)27-24(28)13-17-15-31-23-14-19(30-2)10-11-20(17)23/h3-12,14-15H,13H2,1-2H3,(H,26,29)(H,27,28). The van der Waals surface area contributed by atoms with Gasteiger partial charge in [-0.1, -0.05) is 24.3 Å². The number of nitrogens with one attached hydrogen (secondary N) is 2. The predicted octanol–water partition coefficient (Wildman–Crippen LogP) is 5.18. The van der Waals surface area contributed by atoms with Gasteiger partial charge in [-0.2, -0.15) is 0 Å². The molecule has 0 bridgehead atoms. The number of benzene rings is 3. The summed E-state index contributed by atoms with van der Waals surface area (Å²) in [5.41, 5.74) is 4.00. The van der Waals surface area contributed by atoms with Crippen LogP contribution in [0.4, 0.5) is 11.4 Å². The minimum Gasteiger partial charge on any atom is -0.497 e. The number of carbonyl (C=O) groups excluding carboxylic acids is 2. The van der Waals surface area contributed by atoms with Crippen LogP contribution in [0.2, 0.25) is 0 Å². The summed E-state index contributed by atoms with van der Waals surface area (Å²) in [6.07, 6.45) is 1.69. The van der Waals surface area contributed by atoms with E-state index in [1.807, 2.05) is 43.3 Å². The molecule has 4 aromatic rings. The second-order valence-corrected chi connectivity index (χ2v) is 7.22. The van der Waals surface area contributed by atoms with Crippen LogP contribution in [0.15, 0.2) is 77.4 Å². The van der Waals surface area contributed by atoms with Crippen molar-refractivity contribution < 1.29 is 18.7 Å². The Morgan fingerprint density at radius 3 is 2.61 bits per heavy atom. The molecule has 4 rings (SSSR count). The third-order valence-electron chi connectivity index (χ3n) is 4.94. The summed E-state index contributed by atoms with van der Waals surface area (Å²) in [4.78, 5) is 25.5. The third-order valence-corrected chi connectivity index (χ3v) is 4.94. The summed E-state index contributed by atoms with van der Waals surface area (Å²) in [6, 6.07) is 19.9. The molecule has 0 fully saturated rings. The van der Waals surface area contributed by atoms with Crippen molar-refractivity contribution in [3.63, 3.8) is 0 Å². The molecule has 0 aliphatic rings. The normalized spacial score (nSPS) is 10.6. The van der Waals surface area contributed by atoms with E-state index in [1.165, 1.54) is 0 Å². The first kappa shape index (κ1) is 20.2. The number of hydrogen-bond donors (Lipinski definition) is 2. The van der Waals surface area contributed by atoms with Crippen LogP contribution in [0.1, 0.15) is 21.5 Å². The molecule has 0 saturated carbocycles. The molecule has 31 heavy (non-hydrogen) atoms. The molecular weight excluding hydrogens is 392 g/mol. The number of carbonyl (C=O) groups is 2. The fourth-order valence-electron chi connectivity index (χ4n) is 3.41. The molecule has 0 aliphatic heterocycles. The summed E-state index contributed by atoms with van der Waals surface area (Å²) >= 11 is 0. The van der Waals surface area contributed by atoms with Crippen molar-refractivity contribution in [3.8, 4) is 5.75 Å². The molecule has 2 amide bonds. The highest BCUT2D eigenvalue weighted by atomic mass is 16.5. The van der Waals surface area contributed by atoms with Crippen LogP contribution in [-0.4, -0.2) is 18.9 Å². The molecule has 6 heteroatoms. The minimum atomic E-state index is -0.289. The molecule has 0 aliphatic carbocycles. The van der Waals surface area contributed by atoms with E-state index >= 15 is 0 Å². The first-order chi connectivity index (χ1) is 15.0. The SMILES string of the molecule is COc1ccc2c(CC(=O)Nc3ccccc3C(=O)Nc3cccc(C)c3)coc2c1. The number of methoxy groups -OCH3 is 1. The molecular formula is C25H22N2O4. The van der Waals surface area contributed by atoms with E-state index in [4.69, 9.17) is 9.15 Å². The van der Waals surface area contributed by atoms with Crippen LogP contribution in [0, 0.1) is 6.92 Å². The number of aryl methyl sites for hydroxylation is 1. The Morgan fingerprint density at radius 1 is 0.968 bits per heavy atom. The van der Waals surface area contributed by atoms with Gasteiger partial charge in [0, 0.05) is 22.7 Å². The quantitative estimate of drug-likeness (QED) is 0.455. The molecule has 0 radical (unpaired) electrons. The van der Waals surface area contributed by atoms with Gasteiger partial charge in [-0.3, -0.25) is 9.59 Å². The van der Waals surface area contributed by atoms with Crippen LogP contribution < -0.4 is 15.4 Å². The van der Waals surface area contributed by atoms with Crippen LogP contribution in [0.3, 0.4) is 0 Å². The molecule has 3 aromatic carbocycles. The second kappa shape index (κ2) is 8.75. The van der Waals surface area contributed by atoms with E-state index in [0.29, 0.717) is 28.3 Å². The molecule has 0 unspecified atom stereocenters. The lowest BCUT2D eigenvalue weighted by molar-refractivity contribution is -0.115. The van der Waals surface area contributed by atoms with E-state index in [9.17, 15) is 9.59 Å². The first-order valence-electron chi connectivity index (χ1n) is 9.84. The molecule has 1 heterocycles. The van der Waals surface area contributed by atoms with Gasteiger partial charge >= 0.3 is 0 Å².